The summed E-state index contributed by atoms with van der Waals surface area (Å²) in [7, 11) is 0. The van der Waals surface area contributed by atoms with Gasteiger partial charge in [0.1, 0.15) is 0 Å². The molecule has 5 heteroatoms. The van der Waals surface area contributed by atoms with Crippen molar-refractivity contribution in [3.05, 3.63) is 41.1 Å². The highest BCUT2D eigenvalue weighted by Crippen LogP contribution is 2.23. The topological polar surface area (TPSA) is 55.1 Å². The molecule has 18 heavy (non-hydrogen) atoms. The van der Waals surface area contributed by atoms with E-state index in [0.29, 0.717) is 0 Å². The van der Waals surface area contributed by atoms with E-state index in [1.807, 2.05) is 24.3 Å². The first-order valence-electron chi connectivity index (χ1n) is 5.46. The number of carbonyl (C=O) groups is 1. The number of hydrogen-bond donors (Lipinski definition) is 1. The lowest BCUT2D eigenvalue weighted by Gasteiger charge is -2.19. The van der Waals surface area contributed by atoms with Crippen molar-refractivity contribution in [2.45, 2.75) is 19.4 Å². The molecule has 0 aliphatic carbocycles. The molecule has 0 aliphatic rings. The van der Waals surface area contributed by atoms with Crippen molar-refractivity contribution in [2.75, 3.05) is 0 Å². The average molecular weight is 309 g/mol. The highest BCUT2D eigenvalue weighted by molar-refractivity contribution is 9.10. The number of carboxylic acids is 1. The van der Waals surface area contributed by atoms with Gasteiger partial charge in [-0.2, -0.15) is 5.10 Å². The van der Waals surface area contributed by atoms with E-state index in [1.165, 1.54) is 4.68 Å². The Morgan fingerprint density at radius 3 is 2.44 bits per heavy atom. The minimum atomic E-state index is -1.05. The van der Waals surface area contributed by atoms with Gasteiger partial charge in [-0.15, -0.1) is 0 Å². The molecular formula is C13H13BrN2O2. The van der Waals surface area contributed by atoms with Crippen LogP contribution in [0.25, 0.3) is 11.1 Å². The zero-order valence-electron chi connectivity index (χ0n) is 10.1. The predicted octanol–water partition coefficient (Wildman–Crippen LogP) is 3.13. The molecule has 0 aliphatic heterocycles. The Balaban J connectivity index is 2.37. The summed E-state index contributed by atoms with van der Waals surface area (Å²) in [6, 6.07) is 7.79. The molecule has 0 atom stereocenters. The third kappa shape index (κ3) is 2.31. The highest BCUT2D eigenvalue weighted by atomic mass is 79.9. The fourth-order valence-electron chi connectivity index (χ4n) is 1.52. The van der Waals surface area contributed by atoms with Crippen LogP contribution in [-0.2, 0) is 10.3 Å². The van der Waals surface area contributed by atoms with Gasteiger partial charge in [0.25, 0.3) is 0 Å². The molecule has 2 rings (SSSR count). The van der Waals surface area contributed by atoms with Crippen molar-refractivity contribution in [3.63, 3.8) is 0 Å². The molecular weight excluding hydrogens is 296 g/mol. The number of aliphatic carboxylic acids is 1. The molecule has 0 saturated heterocycles. The molecule has 0 spiro atoms. The molecule has 0 bridgehead atoms. The van der Waals surface area contributed by atoms with E-state index in [0.717, 1.165) is 15.6 Å². The fourth-order valence-corrected chi connectivity index (χ4v) is 1.78. The molecule has 2 aromatic rings. The maximum Gasteiger partial charge on any atom is 0.331 e. The third-order valence-electron chi connectivity index (χ3n) is 2.86. The van der Waals surface area contributed by atoms with E-state index in [1.54, 1.807) is 26.2 Å². The quantitative estimate of drug-likeness (QED) is 0.947. The van der Waals surface area contributed by atoms with Gasteiger partial charge in [-0.05, 0) is 31.5 Å². The highest BCUT2D eigenvalue weighted by Gasteiger charge is 2.30. The summed E-state index contributed by atoms with van der Waals surface area (Å²) in [6.45, 7) is 3.24. The minimum absolute atomic E-state index is 0.900. The SMILES string of the molecule is CC(C)(C(=O)O)n1cc(-c2ccc(Br)cc2)cn1. The Morgan fingerprint density at radius 2 is 1.89 bits per heavy atom. The van der Waals surface area contributed by atoms with Crippen LogP contribution in [-0.4, -0.2) is 20.9 Å². The van der Waals surface area contributed by atoms with Crippen LogP contribution in [0.15, 0.2) is 41.1 Å². The van der Waals surface area contributed by atoms with Crippen LogP contribution in [0.4, 0.5) is 0 Å². The van der Waals surface area contributed by atoms with Gasteiger partial charge in [-0.25, -0.2) is 4.79 Å². The van der Waals surface area contributed by atoms with E-state index < -0.39 is 11.5 Å². The Bertz CT molecular complexity index is 573. The number of nitrogens with zero attached hydrogens (tertiary/aromatic N) is 2. The van der Waals surface area contributed by atoms with E-state index in [9.17, 15) is 4.79 Å². The lowest BCUT2D eigenvalue weighted by atomic mass is 10.1. The van der Waals surface area contributed by atoms with Crippen molar-refractivity contribution in [3.8, 4) is 11.1 Å². The van der Waals surface area contributed by atoms with Crippen LogP contribution >= 0.6 is 15.9 Å². The van der Waals surface area contributed by atoms with Crippen LogP contribution < -0.4 is 0 Å². The first kappa shape index (κ1) is 12.8. The fraction of sp³-hybridized carbons (Fsp3) is 0.231. The number of rotatable bonds is 3. The second-order valence-electron chi connectivity index (χ2n) is 4.54. The summed E-state index contributed by atoms with van der Waals surface area (Å²) in [4.78, 5) is 11.1. The lowest BCUT2D eigenvalue weighted by Crippen LogP contribution is -2.35. The number of aromatic nitrogens is 2. The van der Waals surface area contributed by atoms with Gasteiger partial charge < -0.3 is 5.11 Å². The van der Waals surface area contributed by atoms with Gasteiger partial charge in [0.2, 0.25) is 0 Å². The zero-order valence-corrected chi connectivity index (χ0v) is 11.7. The smallest absolute Gasteiger partial charge is 0.331 e. The lowest BCUT2D eigenvalue weighted by molar-refractivity contribution is -0.146. The summed E-state index contributed by atoms with van der Waals surface area (Å²) in [5, 5.41) is 13.3. The van der Waals surface area contributed by atoms with Crippen LogP contribution in [0.2, 0.25) is 0 Å². The van der Waals surface area contributed by atoms with Crippen molar-refractivity contribution in [1.29, 1.82) is 0 Å². The van der Waals surface area contributed by atoms with Crippen LogP contribution in [0.3, 0.4) is 0 Å². The first-order valence-corrected chi connectivity index (χ1v) is 6.25. The average Bonchev–Trinajstić information content (AvgIpc) is 2.79. The molecule has 0 radical (unpaired) electrons. The van der Waals surface area contributed by atoms with Crippen LogP contribution in [0.5, 0.6) is 0 Å². The van der Waals surface area contributed by atoms with Crippen molar-refractivity contribution < 1.29 is 9.90 Å². The Labute approximate surface area is 113 Å². The maximum atomic E-state index is 11.1. The number of halogens is 1. The molecule has 94 valence electrons. The molecule has 1 N–H and O–H groups in total. The van der Waals surface area contributed by atoms with Crippen molar-refractivity contribution in [1.82, 2.24) is 9.78 Å². The molecule has 1 aromatic heterocycles. The molecule has 1 heterocycles. The molecule has 4 nitrogen and oxygen atoms in total. The molecule has 0 fully saturated rings. The Hall–Kier alpha value is -1.62. The maximum absolute atomic E-state index is 11.1. The second-order valence-corrected chi connectivity index (χ2v) is 5.46. The van der Waals surface area contributed by atoms with Gasteiger partial charge in [-0.1, -0.05) is 28.1 Å². The van der Waals surface area contributed by atoms with Crippen molar-refractivity contribution >= 4 is 21.9 Å². The summed E-state index contributed by atoms with van der Waals surface area (Å²) >= 11 is 3.38. The molecule has 0 amide bonds. The van der Waals surface area contributed by atoms with Gasteiger partial charge >= 0.3 is 5.97 Å². The van der Waals surface area contributed by atoms with E-state index in [2.05, 4.69) is 21.0 Å². The van der Waals surface area contributed by atoms with E-state index >= 15 is 0 Å². The number of carboxylic acid groups (broad SMARTS) is 1. The predicted molar refractivity (Wildman–Crippen MR) is 72.3 cm³/mol. The minimum Gasteiger partial charge on any atom is -0.479 e. The van der Waals surface area contributed by atoms with Crippen LogP contribution in [0, 0.1) is 0 Å². The van der Waals surface area contributed by atoms with E-state index in [-0.39, 0.29) is 0 Å². The van der Waals surface area contributed by atoms with Gasteiger partial charge in [0.15, 0.2) is 5.54 Å². The summed E-state index contributed by atoms with van der Waals surface area (Å²) in [5.74, 6) is -0.909. The normalized spacial score (nSPS) is 11.5. The van der Waals surface area contributed by atoms with Crippen LogP contribution in [0.1, 0.15) is 13.8 Å². The Kier molecular flexibility index (Phi) is 3.26. The largest absolute Gasteiger partial charge is 0.479 e. The van der Waals surface area contributed by atoms with Gasteiger partial charge in [0, 0.05) is 16.2 Å². The second kappa shape index (κ2) is 4.57. The third-order valence-corrected chi connectivity index (χ3v) is 3.38. The zero-order chi connectivity index (χ0) is 13.3. The number of benzene rings is 1. The standard InChI is InChI=1S/C13H13BrN2O2/c1-13(2,12(17)18)16-8-10(7-15-16)9-3-5-11(14)6-4-9/h3-8H,1-2H3,(H,17,18). The van der Waals surface area contributed by atoms with E-state index in [4.69, 9.17) is 5.11 Å². The number of hydrogen-bond acceptors (Lipinski definition) is 2. The van der Waals surface area contributed by atoms with Crippen molar-refractivity contribution in [2.24, 2.45) is 0 Å². The monoisotopic (exact) mass is 308 g/mol. The first-order chi connectivity index (χ1) is 8.41. The van der Waals surface area contributed by atoms with Gasteiger partial charge in [-0.3, -0.25) is 4.68 Å². The summed E-state index contributed by atoms with van der Waals surface area (Å²) < 4.78 is 2.47. The molecule has 0 unspecified atom stereocenters. The molecule has 1 aromatic carbocycles. The van der Waals surface area contributed by atoms with Gasteiger partial charge in [0.05, 0.1) is 6.20 Å². The Morgan fingerprint density at radius 1 is 1.28 bits per heavy atom. The summed E-state index contributed by atoms with van der Waals surface area (Å²) in [6.07, 6.45) is 3.42. The summed E-state index contributed by atoms with van der Waals surface area (Å²) in [5.41, 5.74) is 0.857. The molecule has 0 saturated carbocycles.